The number of amides is 1. The molecule has 0 N–H and O–H groups in total. The number of aromatic nitrogens is 2. The van der Waals surface area contributed by atoms with Crippen LogP contribution in [0.5, 0.6) is 6.01 Å². The average molecular weight is 561 g/mol. The van der Waals surface area contributed by atoms with Crippen LogP contribution in [0.4, 0.5) is 5.82 Å². The smallest absolute Gasteiger partial charge is 0.318 e. The molecule has 3 heterocycles. The number of anilines is 1. The van der Waals surface area contributed by atoms with Gasteiger partial charge in [-0.1, -0.05) is 24.2 Å². The number of halogens is 1. The number of rotatable bonds is 6. The zero-order valence-electron chi connectivity index (χ0n) is 23.2. The summed E-state index contributed by atoms with van der Waals surface area (Å²) in [6.07, 6.45) is 8.80. The van der Waals surface area contributed by atoms with E-state index in [1.54, 1.807) is 4.90 Å². The number of fused-ring (bicyclic) bond motifs is 3. The zero-order chi connectivity index (χ0) is 27.9. The van der Waals surface area contributed by atoms with Crippen LogP contribution in [0, 0.1) is 11.3 Å². The van der Waals surface area contributed by atoms with E-state index in [0.29, 0.717) is 38.3 Å². The summed E-state index contributed by atoms with van der Waals surface area (Å²) in [5, 5.41) is 10.3. The van der Waals surface area contributed by atoms with Gasteiger partial charge in [-0.3, -0.25) is 4.79 Å². The fourth-order valence-electron chi connectivity index (χ4n) is 7.33. The lowest BCUT2D eigenvalue weighted by atomic mass is 9.69. The Labute approximate surface area is 241 Å². The largest absolute Gasteiger partial charge is 0.462 e. The second-order valence-corrected chi connectivity index (χ2v) is 12.2. The third-order valence-electron chi connectivity index (χ3n) is 9.56. The van der Waals surface area contributed by atoms with Gasteiger partial charge in [-0.2, -0.15) is 15.2 Å². The molecular formula is C31H37ClN6O2. The summed E-state index contributed by atoms with van der Waals surface area (Å²) in [4.78, 5) is 28.9. The number of ether oxygens (including phenoxy) is 1. The maximum absolute atomic E-state index is 12.5. The highest BCUT2D eigenvalue weighted by Crippen LogP contribution is 2.49. The Hall–Kier alpha value is -3.15. The van der Waals surface area contributed by atoms with E-state index in [9.17, 15) is 10.1 Å². The summed E-state index contributed by atoms with van der Waals surface area (Å²) >= 11 is 6.34. The monoisotopic (exact) mass is 560 g/mol. The molecule has 2 aliphatic heterocycles. The van der Waals surface area contributed by atoms with Gasteiger partial charge in [0.15, 0.2) is 0 Å². The second kappa shape index (κ2) is 11.0. The van der Waals surface area contributed by atoms with E-state index in [-0.39, 0.29) is 23.8 Å². The first-order chi connectivity index (χ1) is 19.4. The third kappa shape index (κ3) is 4.95. The molecule has 0 bridgehead atoms. The number of nitriles is 1. The van der Waals surface area contributed by atoms with E-state index in [4.69, 9.17) is 26.3 Å². The van der Waals surface area contributed by atoms with Crippen molar-refractivity contribution in [2.75, 3.05) is 44.7 Å². The van der Waals surface area contributed by atoms with Crippen molar-refractivity contribution < 1.29 is 9.53 Å². The van der Waals surface area contributed by atoms with Gasteiger partial charge in [0, 0.05) is 41.7 Å². The molecule has 1 aromatic heterocycles. The van der Waals surface area contributed by atoms with Gasteiger partial charge in [0.25, 0.3) is 0 Å². The van der Waals surface area contributed by atoms with Crippen LogP contribution in [0.25, 0.3) is 0 Å². The SMILES string of the molecule is C=CC(=O)N1CCN(c2nc(OCC3CCCN3C)nc3c2CCC2(CCc4cc(Cl)ccc42)C3)CC1CC#N. The van der Waals surface area contributed by atoms with Crippen LogP contribution >= 0.6 is 11.6 Å². The van der Waals surface area contributed by atoms with Crippen LogP contribution in [0.1, 0.15) is 54.5 Å². The molecule has 6 rings (SSSR count). The summed E-state index contributed by atoms with van der Waals surface area (Å²) in [6, 6.07) is 9.21. The minimum atomic E-state index is -0.215. The molecule has 2 fully saturated rings. The minimum Gasteiger partial charge on any atom is -0.462 e. The van der Waals surface area contributed by atoms with E-state index < -0.39 is 0 Å². The summed E-state index contributed by atoms with van der Waals surface area (Å²) in [7, 11) is 2.15. The molecule has 2 aliphatic carbocycles. The third-order valence-corrected chi connectivity index (χ3v) is 9.80. The highest BCUT2D eigenvalue weighted by molar-refractivity contribution is 6.30. The van der Waals surface area contributed by atoms with E-state index in [0.717, 1.165) is 61.6 Å². The molecule has 1 amide bonds. The molecule has 3 unspecified atom stereocenters. The first kappa shape index (κ1) is 27.0. The van der Waals surface area contributed by atoms with Gasteiger partial charge in [-0.15, -0.1) is 0 Å². The molecule has 3 atom stereocenters. The van der Waals surface area contributed by atoms with E-state index >= 15 is 0 Å². The Morgan fingerprint density at radius 1 is 1.25 bits per heavy atom. The van der Waals surface area contributed by atoms with Crippen molar-refractivity contribution in [3.63, 3.8) is 0 Å². The van der Waals surface area contributed by atoms with E-state index in [1.165, 1.54) is 29.2 Å². The predicted octanol–water partition coefficient (Wildman–Crippen LogP) is 4.09. The van der Waals surface area contributed by atoms with Crippen LogP contribution in [0.2, 0.25) is 5.02 Å². The molecule has 4 aliphatic rings. The summed E-state index contributed by atoms with van der Waals surface area (Å²) < 4.78 is 6.31. The standard InChI is InChI=1S/C31H37ClN6O2/c1-3-28(39)38-16-15-37(19-23(38)10-13-33)29-25-9-12-31(11-8-21-17-22(32)6-7-26(21)31)18-27(25)34-30(35-29)40-20-24-5-4-14-36(24)2/h3,6-7,17,23-24H,1,4-5,8-12,14-16,18-20H2,2H3. The number of carbonyl (C=O) groups is 1. The molecule has 1 aromatic carbocycles. The Balaban J connectivity index is 1.33. The lowest BCUT2D eigenvalue weighted by Gasteiger charge is -2.42. The number of likely N-dealkylation sites (tertiary alicyclic amines) is 1. The van der Waals surface area contributed by atoms with Gasteiger partial charge in [-0.05, 0) is 87.9 Å². The number of hydrogen-bond donors (Lipinski definition) is 0. The normalized spacial score (nSPS) is 25.9. The van der Waals surface area contributed by atoms with Crippen molar-refractivity contribution >= 4 is 23.3 Å². The summed E-state index contributed by atoms with van der Waals surface area (Å²) in [6.45, 7) is 7.03. The topological polar surface area (TPSA) is 85.6 Å². The number of carbonyl (C=O) groups excluding carboxylic acids is 1. The zero-order valence-corrected chi connectivity index (χ0v) is 24.0. The molecule has 40 heavy (non-hydrogen) atoms. The molecule has 9 heteroatoms. The predicted molar refractivity (Wildman–Crippen MR) is 155 cm³/mol. The van der Waals surface area contributed by atoms with Crippen LogP contribution in [-0.2, 0) is 29.5 Å². The first-order valence-electron chi connectivity index (χ1n) is 14.5. The number of nitrogens with zero attached hydrogens (tertiary/aromatic N) is 6. The highest BCUT2D eigenvalue weighted by atomic mass is 35.5. The van der Waals surface area contributed by atoms with Crippen LogP contribution in [0.3, 0.4) is 0 Å². The Morgan fingerprint density at radius 2 is 2.10 bits per heavy atom. The number of piperazine rings is 1. The molecule has 8 nitrogen and oxygen atoms in total. The van der Waals surface area contributed by atoms with Crippen molar-refractivity contribution in [1.82, 2.24) is 19.8 Å². The van der Waals surface area contributed by atoms with Gasteiger partial charge in [-0.25, -0.2) is 0 Å². The Morgan fingerprint density at radius 3 is 2.88 bits per heavy atom. The number of hydrogen-bond acceptors (Lipinski definition) is 7. The summed E-state index contributed by atoms with van der Waals surface area (Å²) in [5.41, 5.74) is 5.06. The minimum absolute atomic E-state index is 0.0555. The van der Waals surface area contributed by atoms with E-state index in [1.807, 2.05) is 6.07 Å². The van der Waals surface area contributed by atoms with Crippen LogP contribution in [0.15, 0.2) is 30.9 Å². The van der Waals surface area contributed by atoms with Crippen LogP contribution < -0.4 is 9.64 Å². The van der Waals surface area contributed by atoms with E-state index in [2.05, 4.69) is 41.6 Å². The second-order valence-electron chi connectivity index (χ2n) is 11.8. The lowest BCUT2D eigenvalue weighted by molar-refractivity contribution is -0.128. The molecular weight excluding hydrogens is 524 g/mol. The molecule has 2 aromatic rings. The molecule has 1 spiro atoms. The van der Waals surface area contributed by atoms with Crippen molar-refractivity contribution in [2.45, 2.75) is 68.9 Å². The molecule has 2 saturated heterocycles. The molecule has 210 valence electrons. The van der Waals surface area contributed by atoms with Crippen molar-refractivity contribution in [3.05, 3.63) is 58.3 Å². The fourth-order valence-corrected chi connectivity index (χ4v) is 7.53. The average Bonchev–Trinajstić information content (AvgIpc) is 3.53. The summed E-state index contributed by atoms with van der Waals surface area (Å²) in [5.74, 6) is 0.772. The van der Waals surface area contributed by atoms with Gasteiger partial charge < -0.3 is 19.4 Å². The Bertz CT molecular complexity index is 1360. The highest BCUT2D eigenvalue weighted by Gasteiger charge is 2.43. The fraction of sp³-hybridized carbons (Fsp3) is 0.548. The van der Waals surface area contributed by atoms with Gasteiger partial charge in [0.1, 0.15) is 12.4 Å². The van der Waals surface area contributed by atoms with Gasteiger partial charge >= 0.3 is 6.01 Å². The number of likely N-dealkylation sites (N-methyl/N-ethyl adjacent to an activating group) is 1. The molecule has 0 radical (unpaired) electrons. The van der Waals surface area contributed by atoms with Crippen molar-refractivity contribution in [1.29, 1.82) is 5.26 Å². The lowest BCUT2D eigenvalue weighted by Crippen LogP contribution is -2.55. The van der Waals surface area contributed by atoms with Crippen LogP contribution in [-0.4, -0.2) is 77.6 Å². The van der Waals surface area contributed by atoms with Gasteiger partial charge in [0.05, 0.1) is 24.2 Å². The quantitative estimate of drug-likeness (QED) is 0.492. The maximum Gasteiger partial charge on any atom is 0.318 e. The Kier molecular flexibility index (Phi) is 7.45. The first-order valence-corrected chi connectivity index (χ1v) is 14.9. The maximum atomic E-state index is 12.5. The van der Waals surface area contributed by atoms with Gasteiger partial charge in [0.2, 0.25) is 5.91 Å². The van der Waals surface area contributed by atoms with Crippen molar-refractivity contribution in [3.8, 4) is 12.1 Å². The number of aryl methyl sites for hydroxylation is 1. The molecule has 0 saturated carbocycles. The number of benzene rings is 1. The van der Waals surface area contributed by atoms with Crippen molar-refractivity contribution in [2.24, 2.45) is 0 Å².